The van der Waals surface area contributed by atoms with Crippen LogP contribution in [0, 0.1) is 5.82 Å². The van der Waals surface area contributed by atoms with Crippen LogP contribution in [0.1, 0.15) is 44.9 Å². The number of carbonyl (C=O) groups excluding carboxylic acids is 3. The van der Waals surface area contributed by atoms with Crippen LogP contribution in [0.15, 0.2) is 66.9 Å². The van der Waals surface area contributed by atoms with Crippen LogP contribution in [-0.4, -0.2) is 74.4 Å². The van der Waals surface area contributed by atoms with Gasteiger partial charge in [-0.3, -0.25) is 14.4 Å². The fourth-order valence-electron chi connectivity index (χ4n) is 5.64. The van der Waals surface area contributed by atoms with Gasteiger partial charge in [-0.1, -0.05) is 35.0 Å². The van der Waals surface area contributed by atoms with Crippen molar-refractivity contribution in [3.05, 3.63) is 100 Å². The number of carboxylic acids is 1. The maximum atomic E-state index is 14.7. The van der Waals surface area contributed by atoms with E-state index in [0.29, 0.717) is 29.9 Å². The number of amides is 3. The smallest absolute Gasteiger partial charge is 0.335 e. The van der Waals surface area contributed by atoms with Crippen LogP contribution in [0.25, 0.3) is 5.69 Å². The van der Waals surface area contributed by atoms with E-state index in [2.05, 4.69) is 20.9 Å². The molecule has 1 saturated heterocycles. The van der Waals surface area contributed by atoms with Crippen LogP contribution >= 0.6 is 11.6 Å². The van der Waals surface area contributed by atoms with Gasteiger partial charge in [0.05, 0.1) is 23.3 Å². The minimum absolute atomic E-state index is 0.00306. The fraction of sp³-hybridized carbons (Fsp3) is 0.226. The molecule has 1 aromatic heterocycles. The van der Waals surface area contributed by atoms with E-state index in [1.807, 2.05) is 13.0 Å². The topological polar surface area (TPSA) is 150 Å². The number of carbonyl (C=O) groups is 4. The molecule has 2 aliphatic heterocycles. The number of hydrogen-bond acceptors (Lipinski definition) is 7. The molecule has 3 N–H and O–H groups in total. The number of piperazine rings is 1. The Hall–Kier alpha value is -5.14. The maximum absolute atomic E-state index is 14.7. The molecule has 14 heteroatoms. The molecule has 230 valence electrons. The molecule has 1 unspecified atom stereocenters. The minimum Gasteiger partial charge on any atom is -0.478 e. The van der Waals surface area contributed by atoms with Gasteiger partial charge in [-0.05, 0) is 66.9 Å². The zero-order chi connectivity index (χ0) is 31.8. The predicted octanol–water partition coefficient (Wildman–Crippen LogP) is 3.46. The van der Waals surface area contributed by atoms with E-state index in [1.54, 1.807) is 17.0 Å². The van der Waals surface area contributed by atoms with Crippen LogP contribution in [0.4, 0.5) is 15.8 Å². The summed E-state index contributed by atoms with van der Waals surface area (Å²) < 4.78 is 15.8. The summed E-state index contributed by atoms with van der Waals surface area (Å²) in [6.45, 7) is 2.69. The SMILES string of the molecule is C[C@@H]1CN(c2cccc3c2CCN(C(=O)c2cn(-c4cccc(Cl)c4F)nn2)C3C(=O)Nc2ccc(C(=O)O)cc2)C(=O)CN1. The summed E-state index contributed by atoms with van der Waals surface area (Å²) in [7, 11) is 0. The number of aromatic carboxylic acids is 1. The van der Waals surface area contributed by atoms with E-state index >= 15 is 0 Å². The highest BCUT2D eigenvalue weighted by Crippen LogP contribution is 2.37. The van der Waals surface area contributed by atoms with Crippen LogP contribution in [0.3, 0.4) is 0 Å². The Bertz CT molecular complexity index is 1830. The second kappa shape index (κ2) is 12.1. The summed E-state index contributed by atoms with van der Waals surface area (Å²) in [5, 5.41) is 23.0. The first-order chi connectivity index (χ1) is 21.6. The molecule has 4 aromatic rings. The first kappa shape index (κ1) is 29.9. The summed E-state index contributed by atoms with van der Waals surface area (Å²) in [6, 6.07) is 14.2. The number of nitrogens with one attached hydrogen (secondary N) is 2. The van der Waals surface area contributed by atoms with Crippen LogP contribution in [-0.2, 0) is 16.0 Å². The lowest BCUT2D eigenvalue weighted by Gasteiger charge is -2.39. The molecule has 2 atom stereocenters. The molecule has 0 radical (unpaired) electrons. The largest absolute Gasteiger partial charge is 0.478 e. The van der Waals surface area contributed by atoms with Gasteiger partial charge in [-0.2, -0.15) is 0 Å². The number of anilines is 2. The van der Waals surface area contributed by atoms with Crippen molar-refractivity contribution in [2.75, 3.05) is 29.9 Å². The molecule has 3 amide bonds. The highest BCUT2D eigenvalue weighted by molar-refractivity contribution is 6.30. The number of fused-ring (bicyclic) bond motifs is 1. The van der Waals surface area contributed by atoms with Crippen molar-refractivity contribution in [2.45, 2.75) is 25.4 Å². The number of carboxylic acid groups (broad SMARTS) is 1. The molecule has 1 fully saturated rings. The highest BCUT2D eigenvalue weighted by atomic mass is 35.5. The van der Waals surface area contributed by atoms with Crippen molar-refractivity contribution >= 4 is 46.7 Å². The van der Waals surface area contributed by atoms with E-state index < -0.39 is 29.6 Å². The Kier molecular flexibility index (Phi) is 8.04. The van der Waals surface area contributed by atoms with Gasteiger partial charge in [-0.15, -0.1) is 5.10 Å². The van der Waals surface area contributed by atoms with E-state index in [-0.39, 0.29) is 47.0 Å². The Balaban J connectivity index is 1.37. The summed E-state index contributed by atoms with van der Waals surface area (Å²) in [6.07, 6.45) is 1.61. The number of hydrogen-bond donors (Lipinski definition) is 3. The van der Waals surface area contributed by atoms with Crippen LogP contribution in [0.5, 0.6) is 0 Å². The van der Waals surface area contributed by atoms with E-state index in [0.717, 1.165) is 10.2 Å². The van der Waals surface area contributed by atoms with Crippen LogP contribution < -0.4 is 15.5 Å². The third-order valence-electron chi connectivity index (χ3n) is 7.85. The standard InChI is InChI=1S/C31H27ClFN7O5/c1-17-15-39(26(41)14-34-17)24-6-2-4-21-20(24)12-13-38(28(21)29(42)35-19-10-8-18(9-11-19)31(44)45)30(43)23-16-40(37-36-23)25-7-3-5-22(32)27(25)33/h2-11,16-17,28,34H,12-15H2,1H3,(H,35,42)(H,44,45)/t17-,28?/m1/s1. The Labute approximate surface area is 261 Å². The molecule has 0 aliphatic carbocycles. The molecule has 0 spiro atoms. The zero-order valence-corrected chi connectivity index (χ0v) is 24.7. The van der Waals surface area contributed by atoms with E-state index in [1.165, 1.54) is 53.6 Å². The summed E-state index contributed by atoms with van der Waals surface area (Å²) >= 11 is 5.92. The first-order valence-electron chi connectivity index (χ1n) is 14.1. The predicted molar refractivity (Wildman–Crippen MR) is 162 cm³/mol. The normalized spacial score (nSPS) is 18.0. The van der Waals surface area contributed by atoms with E-state index in [4.69, 9.17) is 11.6 Å². The summed E-state index contributed by atoms with van der Waals surface area (Å²) in [5.74, 6) is -3.12. The Morgan fingerprint density at radius 2 is 1.80 bits per heavy atom. The van der Waals surface area contributed by atoms with Gasteiger partial charge in [0, 0.05) is 30.5 Å². The van der Waals surface area contributed by atoms with Crippen LogP contribution in [0.2, 0.25) is 5.02 Å². The number of nitrogens with zero attached hydrogens (tertiary/aromatic N) is 5. The van der Waals surface area contributed by atoms with Gasteiger partial charge >= 0.3 is 5.97 Å². The zero-order valence-electron chi connectivity index (χ0n) is 23.9. The van der Waals surface area contributed by atoms with Crippen molar-refractivity contribution < 1.29 is 28.7 Å². The highest BCUT2D eigenvalue weighted by Gasteiger charge is 2.39. The molecular formula is C31H27ClFN7O5. The number of aromatic nitrogens is 3. The lowest BCUT2D eigenvalue weighted by molar-refractivity contribution is -0.121. The first-order valence-corrected chi connectivity index (χ1v) is 14.5. The second-order valence-electron chi connectivity index (χ2n) is 10.8. The third-order valence-corrected chi connectivity index (χ3v) is 8.14. The third kappa shape index (κ3) is 5.75. The van der Waals surface area contributed by atoms with Gasteiger partial charge in [0.2, 0.25) is 5.91 Å². The van der Waals surface area contributed by atoms with Gasteiger partial charge in [0.15, 0.2) is 11.5 Å². The van der Waals surface area contributed by atoms with Crippen molar-refractivity contribution in [1.82, 2.24) is 25.2 Å². The van der Waals surface area contributed by atoms with Gasteiger partial charge < -0.3 is 25.5 Å². The molecule has 3 aromatic carbocycles. The molecule has 6 rings (SSSR count). The van der Waals surface area contributed by atoms with Gasteiger partial charge in [0.25, 0.3) is 11.8 Å². The number of halogens is 2. The fourth-order valence-corrected chi connectivity index (χ4v) is 5.81. The van der Waals surface area contributed by atoms with Crippen molar-refractivity contribution in [3.63, 3.8) is 0 Å². The average molecular weight is 632 g/mol. The van der Waals surface area contributed by atoms with Crippen molar-refractivity contribution in [2.24, 2.45) is 0 Å². The Morgan fingerprint density at radius 3 is 2.56 bits per heavy atom. The second-order valence-corrected chi connectivity index (χ2v) is 11.2. The molecular weight excluding hydrogens is 605 g/mol. The van der Waals surface area contributed by atoms with E-state index in [9.17, 15) is 28.7 Å². The van der Waals surface area contributed by atoms with Gasteiger partial charge in [0.1, 0.15) is 11.7 Å². The molecule has 12 nitrogen and oxygen atoms in total. The van der Waals surface area contributed by atoms with Gasteiger partial charge in [-0.25, -0.2) is 13.9 Å². The average Bonchev–Trinajstić information content (AvgIpc) is 3.52. The molecule has 2 aliphatic rings. The minimum atomic E-state index is -1.15. The molecule has 0 bridgehead atoms. The lowest BCUT2D eigenvalue weighted by atomic mass is 9.89. The number of rotatable bonds is 6. The molecule has 3 heterocycles. The van der Waals surface area contributed by atoms with Crippen molar-refractivity contribution in [1.29, 1.82) is 0 Å². The summed E-state index contributed by atoms with van der Waals surface area (Å²) in [4.78, 5) is 55.2. The number of benzene rings is 3. The van der Waals surface area contributed by atoms with Crippen molar-refractivity contribution in [3.8, 4) is 5.69 Å². The summed E-state index contributed by atoms with van der Waals surface area (Å²) in [5.41, 5.74) is 2.21. The molecule has 45 heavy (non-hydrogen) atoms. The maximum Gasteiger partial charge on any atom is 0.335 e. The molecule has 0 saturated carbocycles. The monoisotopic (exact) mass is 631 g/mol. The quantitative estimate of drug-likeness (QED) is 0.293. The Morgan fingerprint density at radius 1 is 1.07 bits per heavy atom. The lowest BCUT2D eigenvalue weighted by Crippen LogP contribution is -2.53.